The molecule has 1 amide bonds. The van der Waals surface area contributed by atoms with Crippen LogP contribution in [0.25, 0.3) is 11.0 Å². The lowest BCUT2D eigenvalue weighted by Gasteiger charge is -2.27. The summed E-state index contributed by atoms with van der Waals surface area (Å²) in [5.74, 6) is 0.411. The normalized spacial score (nSPS) is 12.3. The van der Waals surface area contributed by atoms with Gasteiger partial charge in [0, 0.05) is 11.7 Å². The van der Waals surface area contributed by atoms with Gasteiger partial charge in [0.15, 0.2) is 0 Å². The molecule has 0 aliphatic heterocycles. The molecule has 1 aromatic heterocycles. The van der Waals surface area contributed by atoms with E-state index in [0.717, 1.165) is 22.3 Å². The van der Waals surface area contributed by atoms with E-state index in [2.05, 4.69) is 4.98 Å². The zero-order chi connectivity index (χ0) is 21.1. The van der Waals surface area contributed by atoms with Gasteiger partial charge in [0.2, 0.25) is 5.91 Å². The summed E-state index contributed by atoms with van der Waals surface area (Å²) in [6, 6.07) is 26.7. The number of imidazole rings is 1. The summed E-state index contributed by atoms with van der Waals surface area (Å²) in [6.45, 7) is 4.08. The molecule has 0 spiro atoms. The van der Waals surface area contributed by atoms with E-state index in [9.17, 15) is 9.90 Å². The van der Waals surface area contributed by atoms with Gasteiger partial charge >= 0.3 is 0 Å². The van der Waals surface area contributed by atoms with Gasteiger partial charge in [0.05, 0.1) is 11.0 Å². The Bertz CT molecular complexity index is 1140. The topological polar surface area (TPSA) is 58.4 Å². The Kier molecular flexibility index (Phi) is 5.63. The lowest BCUT2D eigenvalue weighted by Crippen LogP contribution is -2.39. The lowest BCUT2D eigenvalue weighted by molar-refractivity contribution is -0.119. The molecule has 152 valence electrons. The Balaban J connectivity index is 1.75. The number of para-hydroxylation sites is 3. The van der Waals surface area contributed by atoms with Gasteiger partial charge in [-0.15, -0.1) is 0 Å². The van der Waals surface area contributed by atoms with Crippen molar-refractivity contribution >= 4 is 22.6 Å². The van der Waals surface area contributed by atoms with Crippen molar-refractivity contribution in [1.29, 1.82) is 0 Å². The van der Waals surface area contributed by atoms with Crippen LogP contribution in [0.5, 0.6) is 0 Å². The minimum Gasteiger partial charge on any atom is -0.380 e. The maximum atomic E-state index is 13.4. The van der Waals surface area contributed by atoms with Gasteiger partial charge in [-0.3, -0.25) is 4.79 Å². The zero-order valence-corrected chi connectivity index (χ0v) is 17.1. The van der Waals surface area contributed by atoms with Gasteiger partial charge in [-0.1, -0.05) is 60.7 Å². The predicted molar refractivity (Wildman–Crippen MR) is 119 cm³/mol. The summed E-state index contributed by atoms with van der Waals surface area (Å²) in [5.41, 5.74) is 3.18. The molecule has 30 heavy (non-hydrogen) atoms. The standard InChI is InChI=1S/C25H25N3O2/c1-18(2)28(20-13-7-4-8-14-20)23(29)17-27-22-16-10-9-15-21(22)26-25(27)24(30)19-11-5-3-6-12-19/h3-16,18,24,30H,17H2,1-2H3. The quantitative estimate of drug-likeness (QED) is 0.517. The van der Waals surface area contributed by atoms with Crippen molar-refractivity contribution in [1.82, 2.24) is 9.55 Å². The average molecular weight is 399 g/mol. The summed E-state index contributed by atoms with van der Waals surface area (Å²) in [7, 11) is 0. The molecule has 4 rings (SSSR count). The summed E-state index contributed by atoms with van der Waals surface area (Å²) < 4.78 is 1.83. The van der Waals surface area contributed by atoms with Crippen molar-refractivity contribution in [2.24, 2.45) is 0 Å². The monoisotopic (exact) mass is 399 g/mol. The van der Waals surface area contributed by atoms with Crippen LogP contribution in [-0.4, -0.2) is 26.6 Å². The van der Waals surface area contributed by atoms with Crippen LogP contribution in [0.1, 0.15) is 31.3 Å². The van der Waals surface area contributed by atoms with E-state index in [-0.39, 0.29) is 18.5 Å². The van der Waals surface area contributed by atoms with Crippen molar-refractivity contribution in [2.45, 2.75) is 32.5 Å². The summed E-state index contributed by atoms with van der Waals surface area (Å²) in [5, 5.41) is 11.0. The van der Waals surface area contributed by atoms with Crippen LogP contribution in [0, 0.1) is 0 Å². The SMILES string of the molecule is CC(C)N(C(=O)Cn1c(C(O)c2ccccc2)nc2ccccc21)c1ccccc1. The molecule has 0 radical (unpaired) electrons. The molecular formula is C25H25N3O2. The van der Waals surface area contributed by atoms with Gasteiger partial charge in [-0.2, -0.15) is 0 Å². The number of benzene rings is 3. The molecule has 1 N–H and O–H groups in total. The number of amides is 1. The maximum absolute atomic E-state index is 13.4. The fourth-order valence-corrected chi connectivity index (χ4v) is 3.78. The van der Waals surface area contributed by atoms with E-state index in [1.54, 1.807) is 4.90 Å². The fraction of sp³-hybridized carbons (Fsp3) is 0.200. The molecule has 3 aromatic carbocycles. The van der Waals surface area contributed by atoms with Crippen LogP contribution in [0.3, 0.4) is 0 Å². The molecule has 4 aromatic rings. The largest absolute Gasteiger partial charge is 0.380 e. The highest BCUT2D eigenvalue weighted by Crippen LogP contribution is 2.26. The zero-order valence-electron chi connectivity index (χ0n) is 17.1. The Morgan fingerprint density at radius 1 is 0.933 bits per heavy atom. The second-order valence-electron chi connectivity index (χ2n) is 7.55. The van der Waals surface area contributed by atoms with E-state index in [1.807, 2.05) is 103 Å². The van der Waals surface area contributed by atoms with E-state index in [4.69, 9.17) is 0 Å². The van der Waals surface area contributed by atoms with Gasteiger partial charge in [-0.05, 0) is 43.7 Å². The lowest BCUT2D eigenvalue weighted by atomic mass is 10.1. The number of aliphatic hydroxyl groups excluding tert-OH is 1. The number of carbonyl (C=O) groups is 1. The van der Waals surface area contributed by atoms with Crippen molar-refractivity contribution < 1.29 is 9.90 Å². The van der Waals surface area contributed by atoms with Crippen molar-refractivity contribution in [3.63, 3.8) is 0 Å². The average Bonchev–Trinajstić information content (AvgIpc) is 3.13. The molecule has 0 saturated heterocycles. The van der Waals surface area contributed by atoms with Crippen LogP contribution in [-0.2, 0) is 11.3 Å². The van der Waals surface area contributed by atoms with Gasteiger partial charge in [-0.25, -0.2) is 4.98 Å². The third-order valence-corrected chi connectivity index (χ3v) is 5.16. The van der Waals surface area contributed by atoms with Crippen LogP contribution >= 0.6 is 0 Å². The van der Waals surface area contributed by atoms with E-state index < -0.39 is 6.10 Å². The number of carbonyl (C=O) groups excluding carboxylic acids is 1. The number of hydrogen-bond acceptors (Lipinski definition) is 3. The maximum Gasteiger partial charge on any atom is 0.247 e. The van der Waals surface area contributed by atoms with E-state index in [1.165, 1.54) is 0 Å². The first-order valence-corrected chi connectivity index (χ1v) is 10.1. The molecule has 0 fully saturated rings. The third-order valence-electron chi connectivity index (χ3n) is 5.16. The Labute approximate surface area is 176 Å². The smallest absolute Gasteiger partial charge is 0.247 e. The Morgan fingerprint density at radius 3 is 2.20 bits per heavy atom. The second kappa shape index (κ2) is 8.51. The number of aromatic nitrogens is 2. The molecule has 5 nitrogen and oxygen atoms in total. The molecule has 0 bridgehead atoms. The van der Waals surface area contributed by atoms with Gasteiger partial charge in [0.1, 0.15) is 18.5 Å². The fourth-order valence-electron chi connectivity index (χ4n) is 3.78. The number of fused-ring (bicyclic) bond motifs is 1. The molecular weight excluding hydrogens is 374 g/mol. The highest BCUT2D eigenvalue weighted by molar-refractivity contribution is 5.94. The number of rotatable bonds is 6. The molecule has 1 heterocycles. The molecule has 0 aliphatic carbocycles. The Hall–Kier alpha value is -3.44. The van der Waals surface area contributed by atoms with Crippen LogP contribution in [0.15, 0.2) is 84.9 Å². The number of aliphatic hydroxyl groups is 1. The Morgan fingerprint density at radius 2 is 1.53 bits per heavy atom. The molecule has 0 aliphatic rings. The van der Waals surface area contributed by atoms with Crippen molar-refractivity contribution in [3.05, 3.63) is 96.3 Å². The summed E-state index contributed by atoms with van der Waals surface area (Å²) in [4.78, 5) is 19.8. The molecule has 1 unspecified atom stereocenters. The van der Waals surface area contributed by atoms with Gasteiger partial charge in [0.25, 0.3) is 0 Å². The highest BCUT2D eigenvalue weighted by Gasteiger charge is 2.25. The molecule has 5 heteroatoms. The van der Waals surface area contributed by atoms with Crippen molar-refractivity contribution in [3.8, 4) is 0 Å². The van der Waals surface area contributed by atoms with Crippen molar-refractivity contribution in [2.75, 3.05) is 4.90 Å². The minimum atomic E-state index is -0.921. The minimum absolute atomic E-state index is 0.00261. The first-order chi connectivity index (χ1) is 14.6. The van der Waals surface area contributed by atoms with E-state index >= 15 is 0 Å². The highest BCUT2D eigenvalue weighted by atomic mass is 16.3. The number of anilines is 1. The van der Waals surface area contributed by atoms with Gasteiger partial charge < -0.3 is 14.6 Å². The summed E-state index contributed by atoms with van der Waals surface area (Å²) >= 11 is 0. The number of hydrogen-bond donors (Lipinski definition) is 1. The summed E-state index contributed by atoms with van der Waals surface area (Å²) in [6.07, 6.45) is -0.921. The third kappa shape index (κ3) is 3.84. The number of nitrogens with zero attached hydrogens (tertiary/aromatic N) is 3. The first-order valence-electron chi connectivity index (χ1n) is 10.1. The first kappa shape index (κ1) is 19.9. The van der Waals surface area contributed by atoms with E-state index in [0.29, 0.717) is 5.82 Å². The van der Waals surface area contributed by atoms with Crippen LogP contribution in [0.4, 0.5) is 5.69 Å². The molecule has 0 saturated carbocycles. The van der Waals surface area contributed by atoms with Crippen LogP contribution < -0.4 is 4.90 Å². The molecule has 1 atom stereocenters. The predicted octanol–water partition coefficient (Wildman–Crippen LogP) is 4.56. The van der Waals surface area contributed by atoms with Crippen LogP contribution in [0.2, 0.25) is 0 Å². The second-order valence-corrected chi connectivity index (χ2v) is 7.55.